The number of nitrogens with one attached hydrogen (secondary N) is 6. The molecule has 0 saturated carbocycles. The summed E-state index contributed by atoms with van der Waals surface area (Å²) < 4.78 is 0. The van der Waals surface area contributed by atoms with Gasteiger partial charge < -0.3 is 52.1 Å². The second kappa shape index (κ2) is 17.2. The Kier molecular flexibility index (Phi) is 12.9. The van der Waals surface area contributed by atoms with Gasteiger partial charge in [0.1, 0.15) is 30.2 Å². The zero-order chi connectivity index (χ0) is 37.2. The number of carboxylic acids is 2. The van der Waals surface area contributed by atoms with Crippen molar-refractivity contribution in [1.82, 2.24) is 41.1 Å². The third-order valence-corrected chi connectivity index (χ3v) is 8.65. The van der Waals surface area contributed by atoms with Crippen LogP contribution in [0.3, 0.4) is 0 Å². The lowest BCUT2D eigenvalue weighted by molar-refractivity contribution is -0.149. The van der Waals surface area contributed by atoms with Crippen LogP contribution in [0.4, 0.5) is 0 Å². The van der Waals surface area contributed by atoms with Crippen molar-refractivity contribution in [2.45, 2.75) is 88.6 Å². The summed E-state index contributed by atoms with van der Waals surface area (Å²) in [5, 5.41) is 29.6. The van der Waals surface area contributed by atoms with E-state index >= 15 is 0 Å². The lowest BCUT2D eigenvalue weighted by Gasteiger charge is -2.28. The molecule has 2 aromatic heterocycles. The molecule has 6 atom stereocenters. The molecule has 3 heterocycles. The molecule has 1 aliphatic rings. The minimum Gasteiger partial charge on any atom is -0.481 e. The molecule has 0 unspecified atom stereocenters. The van der Waals surface area contributed by atoms with Crippen LogP contribution < -0.4 is 27.0 Å². The lowest BCUT2D eigenvalue weighted by Crippen LogP contribution is -2.59. The third-order valence-electron chi connectivity index (χ3n) is 8.65. The molecule has 0 radical (unpaired) electrons. The van der Waals surface area contributed by atoms with E-state index in [1.807, 2.05) is 24.3 Å². The summed E-state index contributed by atoms with van der Waals surface area (Å²) in [7, 11) is 0. The van der Waals surface area contributed by atoms with E-state index in [2.05, 4.69) is 36.2 Å². The maximum Gasteiger partial charge on any atom is 0.326 e. The van der Waals surface area contributed by atoms with Crippen LogP contribution in [-0.2, 0) is 46.4 Å². The van der Waals surface area contributed by atoms with Crippen LogP contribution in [-0.4, -0.2) is 114 Å². The Morgan fingerprint density at radius 1 is 0.902 bits per heavy atom. The number of fused-ring (bicyclic) bond motifs is 1. The maximum absolute atomic E-state index is 13.9. The summed E-state index contributed by atoms with van der Waals surface area (Å²) in [5.74, 6) is -5.84. The van der Waals surface area contributed by atoms with Gasteiger partial charge in [0.25, 0.3) is 0 Å². The fourth-order valence-corrected chi connectivity index (χ4v) is 5.83. The number of carboxylic acid groups (broad SMARTS) is 2. The number of rotatable bonds is 17. The van der Waals surface area contributed by atoms with Crippen molar-refractivity contribution >= 4 is 52.4 Å². The van der Waals surface area contributed by atoms with Gasteiger partial charge in [0.05, 0.1) is 12.4 Å². The number of carbonyl (C=O) groups is 7. The second-order valence-electron chi connectivity index (χ2n) is 12.5. The van der Waals surface area contributed by atoms with E-state index in [1.54, 1.807) is 6.20 Å². The molecule has 18 heteroatoms. The highest BCUT2D eigenvalue weighted by Crippen LogP contribution is 2.21. The minimum absolute atomic E-state index is 0.0185. The van der Waals surface area contributed by atoms with E-state index in [9.17, 15) is 38.7 Å². The smallest absolute Gasteiger partial charge is 0.326 e. The normalized spacial score (nSPS) is 17.1. The molecule has 5 amide bonds. The molecular weight excluding hydrogens is 666 g/mol. The van der Waals surface area contributed by atoms with E-state index in [1.165, 1.54) is 31.3 Å². The van der Waals surface area contributed by atoms with Gasteiger partial charge in [0.15, 0.2) is 0 Å². The number of nitrogens with zero attached hydrogens (tertiary/aromatic N) is 2. The van der Waals surface area contributed by atoms with Crippen LogP contribution in [0.15, 0.2) is 43.0 Å². The summed E-state index contributed by atoms with van der Waals surface area (Å²) in [6, 6.07) is 0.318. The van der Waals surface area contributed by atoms with Gasteiger partial charge in [-0.2, -0.15) is 0 Å². The van der Waals surface area contributed by atoms with Gasteiger partial charge in [-0.3, -0.25) is 28.8 Å². The Labute approximate surface area is 292 Å². The standard InChI is InChI=1S/C33H43N9O9/c1-17(38-29(46)22(34)9-10-27(43)44)28(45)40-25(13-20-15-35-16-37-20)31(48)41-24(12-19-14-36-23-7-4-3-6-21(19)23)30(47)39-18(2)32(49)42-11-5-8-26(42)33(50)51/h3-4,6-7,14-18,22,24-26,36H,5,8-13,34H2,1-2H3,(H,35,37)(H,38,46)(H,39,47)(H,40,45)(H,41,48)(H,43,44)(H,50,51)/t17-,18-,22-,24-,25-,26-/m0/s1. The molecule has 0 spiro atoms. The molecule has 10 N–H and O–H groups in total. The predicted molar refractivity (Wildman–Crippen MR) is 181 cm³/mol. The van der Waals surface area contributed by atoms with Gasteiger partial charge in [-0.15, -0.1) is 0 Å². The first kappa shape index (κ1) is 38.0. The molecule has 1 saturated heterocycles. The molecule has 274 valence electrons. The number of aromatic nitrogens is 3. The van der Waals surface area contributed by atoms with Crippen LogP contribution in [0.2, 0.25) is 0 Å². The molecule has 0 bridgehead atoms. The average molecular weight is 710 g/mol. The highest BCUT2D eigenvalue weighted by molar-refractivity contribution is 5.97. The van der Waals surface area contributed by atoms with Crippen LogP contribution in [0.1, 0.15) is 50.8 Å². The summed E-state index contributed by atoms with van der Waals surface area (Å²) >= 11 is 0. The molecule has 18 nitrogen and oxygen atoms in total. The van der Waals surface area contributed by atoms with Crippen molar-refractivity contribution in [3.8, 4) is 0 Å². The van der Waals surface area contributed by atoms with Crippen molar-refractivity contribution in [1.29, 1.82) is 0 Å². The molecule has 1 aromatic carbocycles. The summed E-state index contributed by atoms with van der Waals surface area (Å²) in [5.41, 5.74) is 7.70. The number of carbonyl (C=O) groups excluding carboxylic acids is 5. The SMILES string of the molecule is C[C@H](NC(=O)[C@@H](N)CCC(=O)O)C(=O)N[C@@H](Cc1cnc[nH]1)C(=O)N[C@@H](Cc1c[nH]c2ccccc12)C(=O)N[C@@H](C)C(=O)N1CCC[C@H]1C(=O)O. The van der Waals surface area contributed by atoms with Gasteiger partial charge in [-0.25, -0.2) is 9.78 Å². The van der Waals surface area contributed by atoms with Crippen molar-refractivity contribution in [3.63, 3.8) is 0 Å². The first-order valence-corrected chi connectivity index (χ1v) is 16.5. The van der Waals surface area contributed by atoms with E-state index in [0.29, 0.717) is 24.1 Å². The van der Waals surface area contributed by atoms with Crippen LogP contribution in [0.25, 0.3) is 10.9 Å². The number of likely N-dealkylation sites (tertiary alicyclic amines) is 1. The number of H-pyrrole nitrogens is 2. The zero-order valence-corrected chi connectivity index (χ0v) is 28.2. The summed E-state index contributed by atoms with van der Waals surface area (Å²) in [6.07, 6.45) is 4.73. The second-order valence-corrected chi connectivity index (χ2v) is 12.5. The number of hydrogen-bond donors (Lipinski definition) is 9. The van der Waals surface area contributed by atoms with Gasteiger partial charge in [0, 0.05) is 54.8 Å². The quantitative estimate of drug-likeness (QED) is 0.0813. The molecule has 4 rings (SSSR count). The summed E-state index contributed by atoms with van der Waals surface area (Å²) in [6.45, 7) is 3.03. The van der Waals surface area contributed by atoms with E-state index < -0.39 is 77.7 Å². The van der Waals surface area contributed by atoms with Crippen molar-refractivity contribution in [2.75, 3.05) is 6.54 Å². The van der Waals surface area contributed by atoms with E-state index in [4.69, 9.17) is 10.8 Å². The number of hydrogen-bond acceptors (Lipinski definition) is 9. The highest BCUT2D eigenvalue weighted by Gasteiger charge is 2.37. The Balaban J connectivity index is 1.53. The third kappa shape index (κ3) is 10.1. The molecule has 0 aliphatic carbocycles. The molecule has 51 heavy (non-hydrogen) atoms. The highest BCUT2D eigenvalue weighted by atomic mass is 16.4. The van der Waals surface area contributed by atoms with Crippen molar-refractivity contribution in [2.24, 2.45) is 5.73 Å². The number of nitrogens with two attached hydrogens (primary N) is 1. The number of amides is 5. The topological polar surface area (TPSA) is 282 Å². The maximum atomic E-state index is 13.9. The first-order chi connectivity index (χ1) is 24.2. The van der Waals surface area contributed by atoms with Gasteiger partial charge in [-0.1, -0.05) is 18.2 Å². The van der Waals surface area contributed by atoms with Gasteiger partial charge >= 0.3 is 11.9 Å². The fourth-order valence-electron chi connectivity index (χ4n) is 5.83. The largest absolute Gasteiger partial charge is 0.481 e. The first-order valence-electron chi connectivity index (χ1n) is 16.5. The Morgan fingerprint density at radius 2 is 1.57 bits per heavy atom. The minimum atomic E-state index is -1.28. The Hall–Kier alpha value is -5.78. The molecule has 1 aliphatic heterocycles. The summed E-state index contributed by atoms with van der Waals surface area (Å²) in [4.78, 5) is 100. The number of para-hydroxylation sites is 1. The van der Waals surface area contributed by atoms with Gasteiger partial charge in [-0.05, 0) is 44.7 Å². The van der Waals surface area contributed by atoms with Crippen LogP contribution in [0, 0.1) is 0 Å². The fraction of sp³-hybridized carbons (Fsp3) is 0.455. The van der Waals surface area contributed by atoms with Gasteiger partial charge in [0.2, 0.25) is 29.5 Å². The average Bonchev–Trinajstić information content (AvgIpc) is 3.88. The Morgan fingerprint density at radius 3 is 2.25 bits per heavy atom. The zero-order valence-electron chi connectivity index (χ0n) is 28.2. The van der Waals surface area contributed by atoms with Crippen molar-refractivity contribution < 1.29 is 43.8 Å². The Bertz CT molecular complexity index is 1740. The van der Waals surface area contributed by atoms with Crippen LogP contribution >= 0.6 is 0 Å². The number of aromatic amines is 2. The number of benzene rings is 1. The number of aliphatic carboxylic acids is 2. The molecule has 3 aromatic rings. The molecule has 1 fully saturated rings. The lowest BCUT2D eigenvalue weighted by atomic mass is 10.0. The van der Waals surface area contributed by atoms with E-state index in [-0.39, 0.29) is 32.2 Å². The van der Waals surface area contributed by atoms with E-state index in [0.717, 1.165) is 10.9 Å². The van der Waals surface area contributed by atoms with Crippen LogP contribution in [0.5, 0.6) is 0 Å². The van der Waals surface area contributed by atoms with Crippen molar-refractivity contribution in [3.05, 3.63) is 54.2 Å². The molecular formula is C33H43N9O9. The predicted octanol–water partition coefficient (Wildman–Crippen LogP) is -1.08. The number of imidazole rings is 1. The monoisotopic (exact) mass is 709 g/mol.